The van der Waals surface area contributed by atoms with Crippen LogP contribution in [0.3, 0.4) is 0 Å². The Balaban J connectivity index is 2.04. The number of aliphatic carboxylic acids is 1. The number of nitrogens with zero attached hydrogens (tertiary/aromatic N) is 1. The number of carboxylic acids is 1. The van der Waals surface area contributed by atoms with Crippen molar-refractivity contribution in [2.75, 3.05) is 6.54 Å². The van der Waals surface area contributed by atoms with Crippen LogP contribution in [0, 0.1) is 5.92 Å². The molecule has 1 saturated heterocycles. The Kier molecular flexibility index (Phi) is 5.39. The van der Waals surface area contributed by atoms with Gasteiger partial charge in [-0.3, -0.25) is 9.59 Å². The number of likely N-dealkylation sites (tertiary alicyclic amines) is 1. The van der Waals surface area contributed by atoms with Crippen LogP contribution in [0.2, 0.25) is 0 Å². The van der Waals surface area contributed by atoms with Gasteiger partial charge in [-0.1, -0.05) is 35.0 Å². The Morgan fingerprint density at radius 3 is 2.86 bits per heavy atom. The number of carboxylic acid groups (broad SMARTS) is 1. The summed E-state index contributed by atoms with van der Waals surface area (Å²) in [5, 5.41) is 8.79. The predicted octanol–water partition coefficient (Wildman–Crippen LogP) is 3.61. The molecule has 1 amide bonds. The number of hydrogen-bond acceptors (Lipinski definition) is 2. The summed E-state index contributed by atoms with van der Waals surface area (Å²) >= 11 is 3.46. The van der Waals surface area contributed by atoms with E-state index in [0.29, 0.717) is 6.42 Å². The quantitative estimate of drug-likeness (QED) is 0.879. The second-order valence-electron chi connectivity index (χ2n) is 5.71. The molecule has 2 unspecified atom stereocenters. The first-order valence-electron chi connectivity index (χ1n) is 7.24. The van der Waals surface area contributed by atoms with Gasteiger partial charge in [0.25, 0.3) is 0 Å². The average molecular weight is 354 g/mol. The third-order valence-corrected chi connectivity index (χ3v) is 4.35. The summed E-state index contributed by atoms with van der Waals surface area (Å²) in [6.45, 7) is 2.58. The van der Waals surface area contributed by atoms with Crippen molar-refractivity contribution in [2.45, 2.75) is 38.6 Å². The molecule has 0 bridgehead atoms. The van der Waals surface area contributed by atoms with Crippen LogP contribution in [-0.2, 0) is 9.59 Å². The van der Waals surface area contributed by atoms with Crippen molar-refractivity contribution < 1.29 is 14.7 Å². The summed E-state index contributed by atoms with van der Waals surface area (Å²) < 4.78 is 1.01. The van der Waals surface area contributed by atoms with Crippen molar-refractivity contribution in [3.05, 3.63) is 34.3 Å². The van der Waals surface area contributed by atoms with Crippen LogP contribution < -0.4 is 0 Å². The van der Waals surface area contributed by atoms with E-state index in [1.165, 1.54) is 0 Å². The lowest BCUT2D eigenvalue weighted by Gasteiger charge is -2.26. The van der Waals surface area contributed by atoms with E-state index in [1.54, 1.807) is 0 Å². The Hall–Kier alpha value is -1.36. The average Bonchev–Trinajstić information content (AvgIpc) is 2.86. The van der Waals surface area contributed by atoms with Gasteiger partial charge in [0.2, 0.25) is 5.91 Å². The van der Waals surface area contributed by atoms with Gasteiger partial charge in [0.15, 0.2) is 0 Å². The molecule has 2 atom stereocenters. The highest BCUT2D eigenvalue weighted by atomic mass is 79.9. The molecule has 0 spiro atoms. The number of rotatable bonds is 5. The molecule has 2 rings (SSSR count). The predicted molar refractivity (Wildman–Crippen MR) is 83.9 cm³/mol. The first-order valence-corrected chi connectivity index (χ1v) is 8.03. The number of amides is 1. The van der Waals surface area contributed by atoms with E-state index in [-0.39, 0.29) is 24.3 Å². The Labute approximate surface area is 133 Å². The van der Waals surface area contributed by atoms with Gasteiger partial charge in [-0.05, 0) is 36.5 Å². The van der Waals surface area contributed by atoms with Crippen molar-refractivity contribution in [1.29, 1.82) is 0 Å². The van der Waals surface area contributed by atoms with Crippen LogP contribution in [-0.4, -0.2) is 28.4 Å². The van der Waals surface area contributed by atoms with Gasteiger partial charge in [0.1, 0.15) is 0 Å². The molecule has 4 nitrogen and oxygen atoms in total. The second-order valence-corrected chi connectivity index (χ2v) is 6.62. The minimum absolute atomic E-state index is 0.0428. The lowest BCUT2D eigenvalue weighted by Crippen LogP contribution is -2.31. The summed E-state index contributed by atoms with van der Waals surface area (Å²) in [5.74, 6) is -0.912. The molecule has 0 saturated carbocycles. The lowest BCUT2D eigenvalue weighted by atomic mass is 10.0. The Morgan fingerprint density at radius 1 is 1.43 bits per heavy atom. The van der Waals surface area contributed by atoms with Gasteiger partial charge in [-0.25, -0.2) is 0 Å². The first-order chi connectivity index (χ1) is 9.97. The Bertz CT molecular complexity index is 532. The maximum absolute atomic E-state index is 12.4. The van der Waals surface area contributed by atoms with Gasteiger partial charge in [0, 0.05) is 23.9 Å². The minimum Gasteiger partial charge on any atom is -0.481 e. The van der Waals surface area contributed by atoms with Crippen LogP contribution in [0.25, 0.3) is 0 Å². The second kappa shape index (κ2) is 7.07. The van der Waals surface area contributed by atoms with Gasteiger partial charge in [-0.2, -0.15) is 0 Å². The topological polar surface area (TPSA) is 57.6 Å². The summed E-state index contributed by atoms with van der Waals surface area (Å²) in [7, 11) is 0. The molecule has 1 N–H and O–H groups in total. The number of hydrogen-bond donors (Lipinski definition) is 1. The van der Waals surface area contributed by atoms with Crippen LogP contribution >= 0.6 is 15.9 Å². The van der Waals surface area contributed by atoms with Crippen molar-refractivity contribution >= 4 is 27.8 Å². The number of benzene rings is 1. The molecule has 114 valence electrons. The molecule has 0 aromatic heterocycles. The normalized spacial score (nSPS) is 19.5. The molecular formula is C16H20BrNO3. The van der Waals surface area contributed by atoms with Crippen LogP contribution in [0.15, 0.2) is 28.7 Å². The molecule has 1 aromatic rings. The summed E-state index contributed by atoms with van der Waals surface area (Å²) in [6, 6.07) is 8.16. The number of carbonyl (C=O) groups is 2. The highest BCUT2D eigenvalue weighted by molar-refractivity contribution is 9.10. The molecule has 0 aliphatic carbocycles. The SMILES string of the molecule is CC(CC(=O)O)CC(=O)N1CCCC1c1cccc(Br)c1. The third kappa shape index (κ3) is 4.30. The zero-order valence-electron chi connectivity index (χ0n) is 12.1. The van der Waals surface area contributed by atoms with E-state index < -0.39 is 5.97 Å². The molecule has 1 aliphatic rings. The van der Waals surface area contributed by atoms with Gasteiger partial charge < -0.3 is 10.0 Å². The fourth-order valence-electron chi connectivity index (χ4n) is 2.91. The lowest BCUT2D eigenvalue weighted by molar-refractivity contribution is -0.138. The largest absolute Gasteiger partial charge is 0.481 e. The molecule has 1 heterocycles. The monoisotopic (exact) mass is 353 g/mol. The van der Waals surface area contributed by atoms with Gasteiger partial charge in [0.05, 0.1) is 6.04 Å². The summed E-state index contributed by atoms with van der Waals surface area (Å²) in [6.07, 6.45) is 2.31. The van der Waals surface area contributed by atoms with E-state index in [9.17, 15) is 9.59 Å². The molecule has 1 aliphatic heterocycles. The van der Waals surface area contributed by atoms with Gasteiger partial charge in [-0.15, -0.1) is 0 Å². The molecule has 1 aromatic carbocycles. The third-order valence-electron chi connectivity index (χ3n) is 3.85. The molecule has 0 radical (unpaired) electrons. The fourth-order valence-corrected chi connectivity index (χ4v) is 3.33. The molecular weight excluding hydrogens is 334 g/mol. The molecule has 1 fully saturated rings. The maximum Gasteiger partial charge on any atom is 0.303 e. The zero-order chi connectivity index (χ0) is 15.4. The zero-order valence-corrected chi connectivity index (χ0v) is 13.7. The van der Waals surface area contributed by atoms with E-state index >= 15 is 0 Å². The van der Waals surface area contributed by atoms with Crippen LogP contribution in [0.1, 0.15) is 44.2 Å². The van der Waals surface area contributed by atoms with Crippen molar-refractivity contribution in [3.63, 3.8) is 0 Å². The fraction of sp³-hybridized carbons (Fsp3) is 0.500. The summed E-state index contributed by atoms with van der Waals surface area (Å²) in [5.41, 5.74) is 1.14. The van der Waals surface area contributed by atoms with Crippen molar-refractivity contribution in [2.24, 2.45) is 5.92 Å². The number of halogens is 1. The molecule has 21 heavy (non-hydrogen) atoms. The van der Waals surface area contributed by atoms with E-state index in [4.69, 9.17) is 5.11 Å². The van der Waals surface area contributed by atoms with Crippen LogP contribution in [0.5, 0.6) is 0 Å². The smallest absolute Gasteiger partial charge is 0.303 e. The van der Waals surface area contributed by atoms with Gasteiger partial charge >= 0.3 is 5.97 Å². The van der Waals surface area contributed by atoms with Crippen molar-refractivity contribution in [3.8, 4) is 0 Å². The highest BCUT2D eigenvalue weighted by Gasteiger charge is 2.30. The van der Waals surface area contributed by atoms with E-state index in [2.05, 4.69) is 22.0 Å². The maximum atomic E-state index is 12.4. The van der Waals surface area contributed by atoms with Crippen molar-refractivity contribution in [1.82, 2.24) is 4.90 Å². The highest BCUT2D eigenvalue weighted by Crippen LogP contribution is 2.34. The molecule has 5 heteroatoms. The van der Waals surface area contributed by atoms with Crippen LogP contribution in [0.4, 0.5) is 0 Å². The first kappa shape index (κ1) is 16.0. The standard InChI is InChI=1S/C16H20BrNO3/c1-11(9-16(20)21)8-15(19)18-7-3-6-14(18)12-4-2-5-13(17)10-12/h2,4-5,10-11,14H,3,6-9H2,1H3,(H,20,21). The Morgan fingerprint density at radius 2 is 2.19 bits per heavy atom. The number of carbonyl (C=O) groups excluding carboxylic acids is 1. The summed E-state index contributed by atoms with van der Waals surface area (Å²) in [4.78, 5) is 25.0. The van der Waals surface area contributed by atoms with E-state index in [1.807, 2.05) is 30.0 Å². The minimum atomic E-state index is -0.847. The van der Waals surface area contributed by atoms with E-state index in [0.717, 1.165) is 29.4 Å².